The molecule has 0 fully saturated rings. The summed E-state index contributed by atoms with van der Waals surface area (Å²) in [4.78, 5) is 0. The number of aliphatic hydroxyl groups is 1. The van der Waals surface area contributed by atoms with Crippen molar-refractivity contribution >= 4 is 0 Å². The van der Waals surface area contributed by atoms with Crippen LogP contribution in [0.25, 0.3) is 0 Å². The minimum absolute atomic E-state index is 0.0279. The minimum atomic E-state index is -0.366. The van der Waals surface area contributed by atoms with Crippen molar-refractivity contribution in [2.24, 2.45) is 0 Å². The van der Waals surface area contributed by atoms with Gasteiger partial charge in [0.2, 0.25) is 0 Å². The van der Waals surface area contributed by atoms with Gasteiger partial charge in [0.15, 0.2) is 11.6 Å². The summed E-state index contributed by atoms with van der Waals surface area (Å²) in [6.07, 6.45) is 2.13. The molecule has 0 aliphatic heterocycles. The summed E-state index contributed by atoms with van der Waals surface area (Å²) in [7, 11) is 0. The van der Waals surface area contributed by atoms with Gasteiger partial charge >= 0.3 is 0 Å². The van der Waals surface area contributed by atoms with Crippen molar-refractivity contribution in [2.75, 3.05) is 6.61 Å². The van der Waals surface area contributed by atoms with Gasteiger partial charge < -0.3 is 9.84 Å². The molecule has 1 rings (SSSR count). The van der Waals surface area contributed by atoms with Gasteiger partial charge in [-0.25, -0.2) is 4.39 Å². The van der Waals surface area contributed by atoms with E-state index in [1.54, 1.807) is 12.1 Å². The first-order valence-corrected chi connectivity index (χ1v) is 6.27. The lowest BCUT2D eigenvalue weighted by molar-refractivity contribution is 0.184. The molecule has 0 aromatic heterocycles. The molecule has 0 radical (unpaired) electrons. The van der Waals surface area contributed by atoms with Gasteiger partial charge in [0.1, 0.15) is 0 Å². The van der Waals surface area contributed by atoms with E-state index in [9.17, 15) is 4.39 Å². The van der Waals surface area contributed by atoms with E-state index in [2.05, 4.69) is 11.8 Å². The van der Waals surface area contributed by atoms with Gasteiger partial charge in [-0.2, -0.15) is 0 Å². The number of rotatable bonds is 5. The molecule has 0 unspecified atom stereocenters. The van der Waals surface area contributed by atoms with Crippen LogP contribution in [0.15, 0.2) is 18.2 Å². The Balaban J connectivity index is 2.85. The molecular formula is C15H19FO2. The second-order valence-electron chi connectivity index (χ2n) is 3.98. The maximum Gasteiger partial charge on any atom is 0.165 e. The Morgan fingerprint density at radius 2 is 2.06 bits per heavy atom. The summed E-state index contributed by atoms with van der Waals surface area (Å²) in [6.45, 7) is 4.05. The van der Waals surface area contributed by atoms with E-state index < -0.39 is 0 Å². The standard InChI is InChI=1S/C15H19FO2/c1-3-13(4-2)18-15-11-12(7-5-6-10-17)8-9-14(15)16/h8-9,11,13,17H,3-4,6,10H2,1-2H3. The van der Waals surface area contributed by atoms with E-state index in [-0.39, 0.29) is 24.3 Å². The smallest absolute Gasteiger partial charge is 0.165 e. The van der Waals surface area contributed by atoms with Gasteiger partial charge in [-0.15, -0.1) is 0 Å². The quantitative estimate of drug-likeness (QED) is 0.814. The number of benzene rings is 1. The zero-order valence-corrected chi connectivity index (χ0v) is 10.9. The predicted octanol–water partition coefficient (Wildman–Crippen LogP) is 3.13. The number of hydrogen-bond donors (Lipinski definition) is 1. The predicted molar refractivity (Wildman–Crippen MR) is 70.0 cm³/mol. The summed E-state index contributed by atoms with van der Waals surface area (Å²) in [6, 6.07) is 4.58. The molecule has 1 aromatic rings. The molecule has 0 saturated heterocycles. The van der Waals surface area contributed by atoms with Gasteiger partial charge in [0.25, 0.3) is 0 Å². The number of ether oxygens (including phenoxy) is 1. The normalized spacial score (nSPS) is 10.1. The highest BCUT2D eigenvalue weighted by atomic mass is 19.1. The summed E-state index contributed by atoms with van der Waals surface area (Å²) < 4.78 is 19.2. The van der Waals surface area contributed by atoms with Crippen LogP contribution in [0.3, 0.4) is 0 Å². The van der Waals surface area contributed by atoms with E-state index in [1.807, 2.05) is 13.8 Å². The Bertz CT molecular complexity index is 428. The molecule has 1 N–H and O–H groups in total. The van der Waals surface area contributed by atoms with Crippen molar-refractivity contribution in [2.45, 2.75) is 39.2 Å². The number of halogens is 1. The molecule has 3 heteroatoms. The van der Waals surface area contributed by atoms with Crippen molar-refractivity contribution in [1.29, 1.82) is 0 Å². The Hall–Kier alpha value is -1.53. The Morgan fingerprint density at radius 1 is 1.33 bits per heavy atom. The first kappa shape index (κ1) is 14.5. The van der Waals surface area contributed by atoms with Gasteiger partial charge in [0, 0.05) is 12.0 Å². The molecule has 0 aliphatic rings. The summed E-state index contributed by atoms with van der Waals surface area (Å²) >= 11 is 0. The van der Waals surface area contributed by atoms with Crippen LogP contribution >= 0.6 is 0 Å². The SMILES string of the molecule is CCC(CC)Oc1cc(C#CCCO)ccc1F. The lowest BCUT2D eigenvalue weighted by Crippen LogP contribution is -2.14. The summed E-state index contributed by atoms with van der Waals surface area (Å²) in [5.74, 6) is 5.55. The Morgan fingerprint density at radius 3 is 2.67 bits per heavy atom. The highest BCUT2D eigenvalue weighted by Crippen LogP contribution is 2.21. The molecule has 0 atom stereocenters. The molecule has 2 nitrogen and oxygen atoms in total. The van der Waals surface area contributed by atoms with Crippen molar-refractivity contribution in [1.82, 2.24) is 0 Å². The van der Waals surface area contributed by atoms with Crippen LogP contribution in [-0.2, 0) is 0 Å². The van der Waals surface area contributed by atoms with E-state index in [0.29, 0.717) is 12.0 Å². The first-order valence-electron chi connectivity index (χ1n) is 6.27. The van der Waals surface area contributed by atoms with Crippen LogP contribution in [0.5, 0.6) is 5.75 Å². The second-order valence-corrected chi connectivity index (χ2v) is 3.98. The third-order valence-corrected chi connectivity index (χ3v) is 2.61. The lowest BCUT2D eigenvalue weighted by atomic mass is 10.2. The zero-order valence-electron chi connectivity index (χ0n) is 10.9. The molecular weight excluding hydrogens is 231 g/mol. The van der Waals surface area contributed by atoms with Crippen molar-refractivity contribution in [3.05, 3.63) is 29.6 Å². The highest BCUT2D eigenvalue weighted by Gasteiger charge is 2.09. The van der Waals surface area contributed by atoms with Crippen molar-refractivity contribution in [3.8, 4) is 17.6 Å². The van der Waals surface area contributed by atoms with Gasteiger partial charge in [-0.05, 0) is 31.0 Å². The molecule has 1 aromatic carbocycles. The van der Waals surface area contributed by atoms with Crippen LogP contribution in [0, 0.1) is 17.7 Å². The molecule has 0 saturated carbocycles. The fraction of sp³-hybridized carbons (Fsp3) is 0.467. The van der Waals surface area contributed by atoms with Crippen molar-refractivity contribution < 1.29 is 14.2 Å². The molecule has 0 bridgehead atoms. The fourth-order valence-corrected chi connectivity index (χ4v) is 1.53. The minimum Gasteiger partial charge on any atom is -0.487 e. The molecule has 98 valence electrons. The van der Waals surface area contributed by atoms with E-state index in [4.69, 9.17) is 9.84 Å². The van der Waals surface area contributed by atoms with E-state index >= 15 is 0 Å². The van der Waals surface area contributed by atoms with Crippen LogP contribution in [0.4, 0.5) is 4.39 Å². The van der Waals surface area contributed by atoms with Crippen LogP contribution < -0.4 is 4.74 Å². The molecule has 0 amide bonds. The maximum absolute atomic E-state index is 13.6. The largest absolute Gasteiger partial charge is 0.487 e. The third-order valence-electron chi connectivity index (χ3n) is 2.61. The van der Waals surface area contributed by atoms with Crippen molar-refractivity contribution in [3.63, 3.8) is 0 Å². The van der Waals surface area contributed by atoms with Gasteiger partial charge in [-0.1, -0.05) is 25.7 Å². The van der Waals surface area contributed by atoms with E-state index in [1.165, 1.54) is 6.07 Å². The molecule has 18 heavy (non-hydrogen) atoms. The van der Waals surface area contributed by atoms with Gasteiger partial charge in [0.05, 0.1) is 12.7 Å². The summed E-state index contributed by atoms with van der Waals surface area (Å²) in [5, 5.41) is 8.64. The number of aliphatic hydroxyl groups excluding tert-OH is 1. The van der Waals surface area contributed by atoms with Crippen LogP contribution in [0.1, 0.15) is 38.7 Å². The maximum atomic E-state index is 13.6. The average Bonchev–Trinajstić information content (AvgIpc) is 2.39. The average molecular weight is 250 g/mol. The van der Waals surface area contributed by atoms with Crippen LogP contribution in [-0.4, -0.2) is 17.8 Å². The molecule has 0 heterocycles. The lowest BCUT2D eigenvalue weighted by Gasteiger charge is -2.16. The zero-order chi connectivity index (χ0) is 13.4. The third kappa shape index (κ3) is 4.38. The monoisotopic (exact) mass is 250 g/mol. The Labute approximate surface area is 108 Å². The summed E-state index contributed by atoms with van der Waals surface area (Å²) in [5.41, 5.74) is 0.700. The Kier molecular flexibility index (Phi) is 6.24. The highest BCUT2D eigenvalue weighted by molar-refractivity contribution is 5.40. The second kappa shape index (κ2) is 7.73. The molecule has 0 aliphatic carbocycles. The topological polar surface area (TPSA) is 29.5 Å². The number of hydrogen-bond acceptors (Lipinski definition) is 2. The fourth-order valence-electron chi connectivity index (χ4n) is 1.53. The van der Waals surface area contributed by atoms with Crippen LogP contribution in [0.2, 0.25) is 0 Å². The first-order chi connectivity index (χ1) is 8.71. The van der Waals surface area contributed by atoms with Gasteiger partial charge in [-0.3, -0.25) is 0 Å². The van der Waals surface area contributed by atoms with E-state index in [0.717, 1.165) is 12.8 Å². The molecule has 0 spiro atoms.